The lowest BCUT2D eigenvalue weighted by atomic mass is 9.92. The van der Waals surface area contributed by atoms with Gasteiger partial charge in [0.25, 0.3) is 11.2 Å². The number of ether oxygens (including phenoxy) is 4. The van der Waals surface area contributed by atoms with Gasteiger partial charge in [-0.1, -0.05) is 147 Å². The molecular weight excluding hydrogens is 835 g/mol. The van der Waals surface area contributed by atoms with Crippen LogP contribution in [0.1, 0.15) is 127 Å². The largest absolute Gasteiger partial charge is 0.442 e. The van der Waals surface area contributed by atoms with E-state index in [-0.39, 0.29) is 0 Å². The van der Waals surface area contributed by atoms with Gasteiger partial charge in [-0.3, -0.25) is 0 Å². The summed E-state index contributed by atoms with van der Waals surface area (Å²) in [5.74, 6) is 1.20. The fraction of sp³-hybridized carbons (Fsp3) is 0.500. The number of halogens is 6. The molecule has 0 saturated carbocycles. The van der Waals surface area contributed by atoms with Gasteiger partial charge in [0.1, 0.15) is 0 Å². The third-order valence-electron chi connectivity index (χ3n) is 10.6. The number of hydrogen-bond donors (Lipinski definition) is 0. The average Bonchev–Trinajstić information content (AvgIpc) is 3.27. The summed E-state index contributed by atoms with van der Waals surface area (Å²) in [6, 6.07) is 13.2. The summed E-state index contributed by atoms with van der Waals surface area (Å²) in [4.78, 5) is 25.6. The summed E-state index contributed by atoms with van der Waals surface area (Å²) in [7, 11) is 1.62. The van der Waals surface area contributed by atoms with Gasteiger partial charge in [0.05, 0.1) is 0 Å². The zero-order valence-corrected chi connectivity index (χ0v) is 37.1. The second-order valence-corrected chi connectivity index (χ2v) is 15.3. The lowest BCUT2D eigenvalue weighted by molar-refractivity contribution is -0.277. The van der Waals surface area contributed by atoms with E-state index in [0.717, 1.165) is 128 Å². The molecule has 12 heteroatoms. The maximum absolute atomic E-state index is 14.1. The molecule has 0 aliphatic carbocycles. The molecule has 0 saturated heterocycles. The number of rotatable bonds is 31. The summed E-state index contributed by atoms with van der Waals surface area (Å²) >= 11 is 0. The maximum Gasteiger partial charge on any atom is 0.432 e. The second kappa shape index (κ2) is 30.2. The number of methoxy groups -OCH3 is 2. The zero-order valence-electron chi connectivity index (χ0n) is 37.1. The molecule has 0 bridgehead atoms. The van der Waals surface area contributed by atoms with Crippen LogP contribution < -0.4 is 0 Å². The van der Waals surface area contributed by atoms with Crippen LogP contribution in [0.2, 0.25) is 0 Å². The fourth-order valence-electron chi connectivity index (χ4n) is 6.97. The van der Waals surface area contributed by atoms with E-state index in [0.29, 0.717) is 12.8 Å². The Balaban J connectivity index is 1.47. The van der Waals surface area contributed by atoms with Crippen molar-refractivity contribution in [1.29, 1.82) is 0 Å². The lowest BCUT2D eigenvalue weighted by Gasteiger charge is -2.32. The Hall–Kier alpha value is -5.04. The van der Waals surface area contributed by atoms with Crippen molar-refractivity contribution in [3.63, 3.8) is 0 Å². The van der Waals surface area contributed by atoms with Crippen LogP contribution in [-0.4, -0.2) is 50.7 Å². The monoisotopic (exact) mass is 898 g/mol. The van der Waals surface area contributed by atoms with Crippen LogP contribution in [0.15, 0.2) is 109 Å². The summed E-state index contributed by atoms with van der Waals surface area (Å²) in [6.07, 6.45) is 31.8. The Morgan fingerprint density at radius 3 is 1.03 bits per heavy atom. The fourth-order valence-corrected chi connectivity index (χ4v) is 6.97. The van der Waals surface area contributed by atoms with Crippen molar-refractivity contribution in [2.75, 3.05) is 14.2 Å². The first kappa shape index (κ1) is 55.1. The highest BCUT2D eigenvalue weighted by Crippen LogP contribution is 2.44. The minimum Gasteiger partial charge on any atom is -0.442 e. The van der Waals surface area contributed by atoms with Crippen molar-refractivity contribution in [3.05, 3.63) is 120 Å². The van der Waals surface area contributed by atoms with Crippen LogP contribution in [0.3, 0.4) is 0 Å². The van der Waals surface area contributed by atoms with Crippen LogP contribution in [0, 0.1) is 24.7 Å². The molecule has 0 heterocycles. The third kappa shape index (κ3) is 17.9. The van der Waals surface area contributed by atoms with E-state index in [2.05, 4.69) is 36.1 Å². The van der Waals surface area contributed by atoms with Gasteiger partial charge in [-0.2, -0.15) is 26.3 Å². The molecule has 350 valence electrons. The minimum atomic E-state index is -5.07. The van der Waals surface area contributed by atoms with Crippen LogP contribution in [-0.2, 0) is 39.7 Å². The Morgan fingerprint density at radius 1 is 0.484 bits per heavy atom. The molecule has 0 aliphatic heterocycles. The minimum absolute atomic E-state index is 0.392. The highest BCUT2D eigenvalue weighted by atomic mass is 19.4. The van der Waals surface area contributed by atoms with Crippen molar-refractivity contribution in [3.8, 4) is 24.7 Å². The Kier molecular flexibility index (Phi) is 26.0. The molecular formula is C52H64F6O6. The second-order valence-electron chi connectivity index (χ2n) is 15.3. The number of esters is 2. The van der Waals surface area contributed by atoms with Gasteiger partial charge in [-0.05, 0) is 89.2 Å². The first-order valence-corrected chi connectivity index (χ1v) is 22.1. The van der Waals surface area contributed by atoms with Crippen LogP contribution >= 0.6 is 0 Å². The molecule has 6 nitrogen and oxygen atoms in total. The standard InChI is InChI=1S/C52H64F6O6/c1-5-45(63-47(59)49(61-3,51(53,54)55)43-37-31-29-32-38-43)41-35-27-25-23-21-19-17-15-13-11-9-7-8-10-12-14-16-18-20-22-24-26-28-36-42-46(6-2)64-48(60)50(62-4,52(56,57)58)44-39-33-30-34-40-44/h1-2,7,9,16,18,29-42,45-46H,8,10-15,17,19-28H2,3-4H3/b9-7-,18-16-,41-35+,42-36+/t45-,46-,49+,50+/m0/s1. The van der Waals surface area contributed by atoms with Gasteiger partial charge in [-0.15, -0.1) is 12.8 Å². The SMILES string of the molecule is C#C[C@@H](/C=C/CCCCC/C=C\CCCC/C=C\CCCCCCCCC/C=C/[C@H](C#C)OC(=O)[C@](OC)(c1ccccc1)C(F)(F)F)OC(=O)[C@](OC)(c1ccccc1)C(F)(F)F. The van der Waals surface area contributed by atoms with E-state index in [9.17, 15) is 35.9 Å². The van der Waals surface area contributed by atoms with Crippen molar-refractivity contribution in [1.82, 2.24) is 0 Å². The number of benzene rings is 2. The van der Waals surface area contributed by atoms with Crippen LogP contribution in [0.5, 0.6) is 0 Å². The Bertz CT molecular complexity index is 1820. The predicted molar refractivity (Wildman–Crippen MR) is 239 cm³/mol. The first-order valence-electron chi connectivity index (χ1n) is 22.1. The molecule has 64 heavy (non-hydrogen) atoms. The smallest absolute Gasteiger partial charge is 0.432 e. The molecule has 0 spiro atoms. The number of terminal acetylenes is 2. The van der Waals surface area contributed by atoms with Crippen molar-refractivity contribution in [2.24, 2.45) is 0 Å². The molecule has 2 aromatic carbocycles. The summed E-state index contributed by atoms with van der Waals surface area (Å²) < 4.78 is 104. The molecule has 4 atom stereocenters. The number of carbonyl (C=O) groups excluding carboxylic acids is 2. The van der Waals surface area contributed by atoms with Crippen molar-refractivity contribution < 1.29 is 54.9 Å². The summed E-state index contributed by atoms with van der Waals surface area (Å²) in [6.45, 7) is 0. The molecule has 0 unspecified atom stereocenters. The highest BCUT2D eigenvalue weighted by Gasteiger charge is 2.65. The molecule has 2 rings (SSSR count). The van der Waals surface area contributed by atoms with Gasteiger partial charge >= 0.3 is 24.3 Å². The van der Waals surface area contributed by atoms with E-state index >= 15 is 0 Å². The van der Waals surface area contributed by atoms with E-state index < -0.39 is 58.8 Å². The predicted octanol–water partition coefficient (Wildman–Crippen LogP) is 13.5. The normalized spacial score (nSPS) is 15.2. The summed E-state index contributed by atoms with van der Waals surface area (Å²) in [5, 5.41) is 0. The Morgan fingerprint density at radius 2 is 0.750 bits per heavy atom. The first-order chi connectivity index (χ1) is 30.7. The van der Waals surface area contributed by atoms with Gasteiger partial charge < -0.3 is 18.9 Å². The number of alkyl halides is 6. The molecule has 0 amide bonds. The third-order valence-corrected chi connectivity index (χ3v) is 10.6. The molecule has 0 aromatic heterocycles. The van der Waals surface area contributed by atoms with Crippen LogP contribution in [0.25, 0.3) is 0 Å². The highest BCUT2D eigenvalue weighted by molar-refractivity contribution is 5.84. The average molecular weight is 899 g/mol. The van der Waals surface area contributed by atoms with Gasteiger partial charge in [-0.25, -0.2) is 9.59 Å². The number of hydrogen-bond acceptors (Lipinski definition) is 6. The topological polar surface area (TPSA) is 71.1 Å². The van der Waals surface area contributed by atoms with E-state index in [1.54, 1.807) is 12.2 Å². The van der Waals surface area contributed by atoms with Gasteiger partial charge in [0.2, 0.25) is 0 Å². The quantitative estimate of drug-likeness (QED) is 0.0247. The summed E-state index contributed by atoms with van der Waals surface area (Å²) in [5.41, 5.74) is -7.36. The number of carbonyl (C=O) groups is 2. The molecule has 2 aromatic rings. The molecule has 0 N–H and O–H groups in total. The van der Waals surface area contributed by atoms with E-state index in [1.165, 1.54) is 61.4 Å². The zero-order chi connectivity index (χ0) is 47.2. The lowest BCUT2D eigenvalue weighted by Crippen LogP contribution is -2.52. The van der Waals surface area contributed by atoms with E-state index in [1.807, 2.05) is 0 Å². The van der Waals surface area contributed by atoms with E-state index in [4.69, 9.17) is 31.8 Å². The van der Waals surface area contributed by atoms with Crippen molar-refractivity contribution in [2.45, 2.75) is 151 Å². The molecule has 0 aliphatic rings. The Labute approximate surface area is 376 Å². The van der Waals surface area contributed by atoms with Crippen molar-refractivity contribution >= 4 is 11.9 Å². The van der Waals surface area contributed by atoms with Crippen LogP contribution in [0.4, 0.5) is 26.3 Å². The number of unbranched alkanes of at least 4 members (excludes halogenated alkanes) is 15. The van der Waals surface area contributed by atoms with Gasteiger partial charge in [0, 0.05) is 25.3 Å². The maximum atomic E-state index is 14.1. The number of allylic oxidation sites excluding steroid dienone is 6. The molecule has 0 fully saturated rings. The molecule has 0 radical (unpaired) electrons. The van der Waals surface area contributed by atoms with Gasteiger partial charge in [0.15, 0.2) is 12.2 Å².